The maximum atomic E-state index is 13.9. The maximum Gasteiger partial charge on any atom is 0.254 e. The number of rotatable bonds is 4. The van der Waals surface area contributed by atoms with Gasteiger partial charge in [0.15, 0.2) is 11.6 Å². The van der Waals surface area contributed by atoms with Gasteiger partial charge in [0.1, 0.15) is 24.3 Å². The fourth-order valence-electron chi connectivity index (χ4n) is 3.49. The smallest absolute Gasteiger partial charge is 0.254 e. The van der Waals surface area contributed by atoms with Gasteiger partial charge < -0.3 is 14.5 Å². The van der Waals surface area contributed by atoms with Gasteiger partial charge in [0, 0.05) is 43.5 Å². The van der Waals surface area contributed by atoms with Gasteiger partial charge in [0.2, 0.25) is 0 Å². The summed E-state index contributed by atoms with van der Waals surface area (Å²) >= 11 is 0. The van der Waals surface area contributed by atoms with E-state index in [1.807, 2.05) is 24.5 Å². The highest BCUT2D eigenvalue weighted by molar-refractivity contribution is 5.94. The van der Waals surface area contributed by atoms with E-state index in [-0.39, 0.29) is 11.7 Å². The van der Waals surface area contributed by atoms with Gasteiger partial charge in [-0.25, -0.2) is 19.3 Å². The Balaban J connectivity index is 1.45. The number of carbonyl (C=O) groups excluding carboxylic acids is 1. The molecule has 0 bridgehead atoms. The molecule has 0 atom stereocenters. The number of halogens is 1. The summed E-state index contributed by atoms with van der Waals surface area (Å²) in [5, 5.41) is 0. The number of carbonyl (C=O) groups is 1. The van der Waals surface area contributed by atoms with Crippen LogP contribution in [0.25, 0.3) is 5.82 Å². The van der Waals surface area contributed by atoms with E-state index in [1.165, 1.54) is 25.6 Å². The molecule has 0 unspecified atom stereocenters. The van der Waals surface area contributed by atoms with Crippen LogP contribution in [-0.4, -0.2) is 63.6 Å². The fraction of sp³-hybridized carbons (Fsp3) is 0.333. The number of nitrogens with zero attached hydrogens (tertiary/aromatic N) is 6. The quantitative estimate of drug-likeness (QED) is 0.657. The van der Waals surface area contributed by atoms with Crippen LogP contribution in [0.15, 0.2) is 36.9 Å². The van der Waals surface area contributed by atoms with Crippen LogP contribution in [0.4, 0.5) is 10.2 Å². The molecule has 3 heterocycles. The van der Waals surface area contributed by atoms with Crippen molar-refractivity contribution in [2.24, 2.45) is 0 Å². The van der Waals surface area contributed by atoms with Crippen molar-refractivity contribution in [3.8, 4) is 11.6 Å². The van der Waals surface area contributed by atoms with Crippen LogP contribution < -0.4 is 9.64 Å². The summed E-state index contributed by atoms with van der Waals surface area (Å²) in [6.45, 7) is 6.25. The second kappa shape index (κ2) is 8.10. The van der Waals surface area contributed by atoms with E-state index in [9.17, 15) is 9.18 Å². The first-order chi connectivity index (χ1) is 14.5. The minimum atomic E-state index is -0.541. The van der Waals surface area contributed by atoms with E-state index in [4.69, 9.17) is 4.74 Å². The highest BCUT2D eigenvalue weighted by Crippen LogP contribution is 2.21. The number of ether oxygens (including phenoxy) is 1. The molecule has 3 aromatic rings. The molecule has 4 rings (SSSR count). The zero-order chi connectivity index (χ0) is 21.3. The van der Waals surface area contributed by atoms with Crippen LogP contribution in [0.3, 0.4) is 0 Å². The van der Waals surface area contributed by atoms with Crippen LogP contribution in [-0.2, 0) is 0 Å². The topological polar surface area (TPSA) is 76.4 Å². The summed E-state index contributed by atoms with van der Waals surface area (Å²) in [6.07, 6.45) is 3.29. The van der Waals surface area contributed by atoms with Crippen molar-refractivity contribution in [3.63, 3.8) is 0 Å². The molecule has 8 nitrogen and oxygen atoms in total. The number of methoxy groups -OCH3 is 1. The van der Waals surface area contributed by atoms with E-state index in [0.717, 1.165) is 23.0 Å². The molecule has 0 aliphatic carbocycles. The standard InChI is InChI=1S/C21H23FN6O2/c1-14-15(2)28(13-25-14)20-11-19(23-12-24-20)26-6-8-27(9-7-26)21(29)16-4-5-18(30-3)17(22)10-16/h4-5,10-13H,6-9H2,1-3H3. The van der Waals surface area contributed by atoms with Gasteiger partial charge in [0.25, 0.3) is 5.91 Å². The zero-order valence-corrected chi connectivity index (χ0v) is 17.2. The van der Waals surface area contributed by atoms with Crippen LogP contribution in [0.2, 0.25) is 0 Å². The molecule has 1 fully saturated rings. The Kier molecular flexibility index (Phi) is 5.35. The van der Waals surface area contributed by atoms with Gasteiger partial charge >= 0.3 is 0 Å². The fourth-order valence-corrected chi connectivity index (χ4v) is 3.49. The number of anilines is 1. The Bertz CT molecular complexity index is 1080. The number of piperazine rings is 1. The predicted molar refractivity (Wildman–Crippen MR) is 110 cm³/mol. The first-order valence-electron chi connectivity index (χ1n) is 9.68. The highest BCUT2D eigenvalue weighted by atomic mass is 19.1. The maximum absolute atomic E-state index is 13.9. The van der Waals surface area contributed by atoms with Crippen molar-refractivity contribution in [1.82, 2.24) is 24.4 Å². The van der Waals surface area contributed by atoms with Gasteiger partial charge in [-0.05, 0) is 32.0 Å². The molecule has 1 aromatic carbocycles. The first kappa shape index (κ1) is 19.8. The van der Waals surface area contributed by atoms with Crippen LogP contribution >= 0.6 is 0 Å². The highest BCUT2D eigenvalue weighted by Gasteiger charge is 2.24. The third-order valence-electron chi connectivity index (χ3n) is 5.43. The minimum Gasteiger partial charge on any atom is -0.494 e. The summed E-state index contributed by atoms with van der Waals surface area (Å²) in [5.74, 6) is 0.947. The van der Waals surface area contributed by atoms with Crippen molar-refractivity contribution < 1.29 is 13.9 Å². The van der Waals surface area contributed by atoms with Crippen molar-refractivity contribution in [2.75, 3.05) is 38.2 Å². The van der Waals surface area contributed by atoms with Gasteiger partial charge in [-0.1, -0.05) is 0 Å². The molecule has 30 heavy (non-hydrogen) atoms. The summed E-state index contributed by atoms with van der Waals surface area (Å²) in [7, 11) is 1.40. The third-order valence-corrected chi connectivity index (χ3v) is 5.43. The average Bonchev–Trinajstić information content (AvgIpc) is 3.11. The molecular weight excluding hydrogens is 387 g/mol. The molecule has 0 radical (unpaired) electrons. The Morgan fingerprint density at radius 2 is 1.77 bits per heavy atom. The van der Waals surface area contributed by atoms with Crippen molar-refractivity contribution >= 4 is 11.7 Å². The van der Waals surface area contributed by atoms with Gasteiger partial charge in [0.05, 0.1) is 12.8 Å². The van der Waals surface area contributed by atoms with Gasteiger partial charge in [-0.2, -0.15) is 0 Å². The predicted octanol–water partition coefficient (Wildman–Crippen LogP) is 2.39. The number of hydrogen-bond donors (Lipinski definition) is 0. The number of aromatic nitrogens is 4. The molecule has 1 aliphatic heterocycles. The second-order valence-electron chi connectivity index (χ2n) is 7.15. The molecule has 1 aliphatic rings. The minimum absolute atomic E-state index is 0.124. The summed E-state index contributed by atoms with van der Waals surface area (Å²) in [6, 6.07) is 6.20. The van der Waals surface area contributed by atoms with Crippen LogP contribution in [0.5, 0.6) is 5.75 Å². The van der Waals surface area contributed by atoms with Gasteiger partial charge in [-0.15, -0.1) is 0 Å². The zero-order valence-electron chi connectivity index (χ0n) is 17.2. The van der Waals surface area contributed by atoms with Gasteiger partial charge in [-0.3, -0.25) is 9.36 Å². The molecule has 156 valence electrons. The monoisotopic (exact) mass is 410 g/mol. The molecule has 1 saturated heterocycles. The Hall–Kier alpha value is -3.49. The lowest BCUT2D eigenvalue weighted by Crippen LogP contribution is -2.49. The Morgan fingerprint density at radius 1 is 1.03 bits per heavy atom. The molecule has 2 aromatic heterocycles. The molecule has 0 spiro atoms. The number of imidazole rings is 1. The lowest BCUT2D eigenvalue weighted by atomic mass is 10.1. The van der Waals surface area contributed by atoms with E-state index in [1.54, 1.807) is 17.3 Å². The lowest BCUT2D eigenvalue weighted by Gasteiger charge is -2.35. The first-order valence-corrected chi connectivity index (χ1v) is 9.68. The lowest BCUT2D eigenvalue weighted by molar-refractivity contribution is 0.0746. The number of hydrogen-bond acceptors (Lipinski definition) is 6. The van der Waals surface area contributed by atoms with Crippen molar-refractivity contribution in [2.45, 2.75) is 13.8 Å². The largest absolute Gasteiger partial charge is 0.494 e. The summed E-state index contributed by atoms with van der Waals surface area (Å²) in [4.78, 5) is 29.7. The molecule has 0 saturated carbocycles. The number of aryl methyl sites for hydroxylation is 1. The van der Waals surface area contributed by atoms with Crippen molar-refractivity contribution in [1.29, 1.82) is 0 Å². The average molecular weight is 410 g/mol. The second-order valence-corrected chi connectivity index (χ2v) is 7.15. The Morgan fingerprint density at radius 3 is 2.40 bits per heavy atom. The van der Waals surface area contributed by atoms with Crippen molar-refractivity contribution in [3.05, 3.63) is 59.7 Å². The third kappa shape index (κ3) is 3.70. The number of amides is 1. The molecule has 0 N–H and O–H groups in total. The van der Waals surface area contributed by atoms with E-state index in [2.05, 4.69) is 19.9 Å². The van der Waals surface area contributed by atoms with Crippen LogP contribution in [0, 0.1) is 19.7 Å². The molecular formula is C21H23FN6O2. The van der Waals surface area contributed by atoms with E-state index < -0.39 is 5.82 Å². The van der Waals surface area contributed by atoms with Crippen LogP contribution in [0.1, 0.15) is 21.7 Å². The van der Waals surface area contributed by atoms with E-state index in [0.29, 0.717) is 31.7 Å². The SMILES string of the molecule is COc1ccc(C(=O)N2CCN(c3cc(-n4cnc(C)c4C)ncn3)CC2)cc1F. The van der Waals surface area contributed by atoms with E-state index >= 15 is 0 Å². The molecule has 9 heteroatoms. The Labute approximate surface area is 173 Å². The molecule has 1 amide bonds. The number of benzene rings is 1. The summed E-state index contributed by atoms with van der Waals surface area (Å²) in [5.41, 5.74) is 2.30. The normalized spacial score (nSPS) is 14.1. The summed E-state index contributed by atoms with van der Waals surface area (Å²) < 4.78 is 20.8.